The minimum absolute atomic E-state index is 0.00545. The van der Waals surface area contributed by atoms with E-state index < -0.39 is 0 Å². The maximum absolute atomic E-state index is 12.7. The molecular formula is C23H27N5O2S. The second-order valence-electron chi connectivity index (χ2n) is 6.99. The summed E-state index contributed by atoms with van der Waals surface area (Å²) in [5.41, 5.74) is 3.82. The van der Waals surface area contributed by atoms with Gasteiger partial charge in [-0.05, 0) is 36.6 Å². The Balaban J connectivity index is 1.68. The first-order chi connectivity index (χ1) is 15.0. The Kier molecular flexibility index (Phi) is 7.83. The molecule has 0 saturated carbocycles. The van der Waals surface area contributed by atoms with E-state index in [9.17, 15) is 9.59 Å². The third kappa shape index (κ3) is 5.73. The fourth-order valence-corrected chi connectivity index (χ4v) is 4.00. The van der Waals surface area contributed by atoms with Crippen molar-refractivity contribution in [2.45, 2.75) is 38.9 Å². The number of rotatable bonds is 9. The van der Waals surface area contributed by atoms with E-state index in [0.29, 0.717) is 23.9 Å². The number of benzene rings is 2. The molecule has 31 heavy (non-hydrogen) atoms. The van der Waals surface area contributed by atoms with Gasteiger partial charge in [0, 0.05) is 25.7 Å². The van der Waals surface area contributed by atoms with Crippen LogP contribution in [0, 0.1) is 0 Å². The van der Waals surface area contributed by atoms with Crippen LogP contribution in [0.25, 0.3) is 5.69 Å². The van der Waals surface area contributed by atoms with Crippen molar-refractivity contribution in [1.82, 2.24) is 19.7 Å². The molecule has 3 rings (SSSR count). The number of para-hydroxylation sites is 2. The molecule has 0 atom stereocenters. The standard InChI is InChI=1S/C23H27N5O2S/c1-4-18-10-7-9-13-21(18)28-16-24-26-23(28)31-15-22(30)25-20-12-8-6-11-19(20)14-27(5-2)17(3)29/h6-13,16H,4-5,14-15H2,1-3H3,(H,25,30). The van der Waals surface area contributed by atoms with E-state index in [2.05, 4.69) is 28.5 Å². The van der Waals surface area contributed by atoms with Gasteiger partial charge in [-0.3, -0.25) is 14.2 Å². The highest BCUT2D eigenvalue weighted by atomic mass is 32.2. The van der Waals surface area contributed by atoms with Crippen LogP contribution in [0.1, 0.15) is 31.9 Å². The first kappa shape index (κ1) is 22.6. The molecule has 0 radical (unpaired) electrons. The molecule has 1 aromatic heterocycles. The lowest BCUT2D eigenvalue weighted by molar-refractivity contribution is -0.129. The van der Waals surface area contributed by atoms with E-state index in [-0.39, 0.29) is 17.6 Å². The summed E-state index contributed by atoms with van der Waals surface area (Å²) in [6.07, 6.45) is 2.57. The molecule has 162 valence electrons. The van der Waals surface area contributed by atoms with E-state index >= 15 is 0 Å². The summed E-state index contributed by atoms with van der Waals surface area (Å²) in [4.78, 5) is 26.1. The summed E-state index contributed by atoms with van der Waals surface area (Å²) in [6.45, 7) is 6.66. The topological polar surface area (TPSA) is 80.1 Å². The van der Waals surface area contributed by atoms with Crippen LogP contribution < -0.4 is 5.32 Å². The van der Waals surface area contributed by atoms with Crippen LogP contribution in [0.4, 0.5) is 5.69 Å². The summed E-state index contributed by atoms with van der Waals surface area (Å²) < 4.78 is 1.91. The molecule has 7 nitrogen and oxygen atoms in total. The average Bonchev–Trinajstić information content (AvgIpc) is 3.25. The Hall–Kier alpha value is -3.13. The van der Waals surface area contributed by atoms with Crippen LogP contribution in [-0.4, -0.2) is 43.8 Å². The van der Waals surface area contributed by atoms with Crippen LogP contribution in [0.15, 0.2) is 60.0 Å². The van der Waals surface area contributed by atoms with Crippen molar-refractivity contribution in [3.8, 4) is 5.69 Å². The Morgan fingerprint density at radius 1 is 1.06 bits per heavy atom. The van der Waals surface area contributed by atoms with Gasteiger partial charge < -0.3 is 10.2 Å². The summed E-state index contributed by atoms with van der Waals surface area (Å²) in [6, 6.07) is 15.6. The van der Waals surface area contributed by atoms with Crippen LogP contribution in [0.5, 0.6) is 0 Å². The van der Waals surface area contributed by atoms with Gasteiger partial charge in [0.2, 0.25) is 11.8 Å². The molecule has 0 unspecified atom stereocenters. The SMILES string of the molecule is CCc1ccccc1-n1cnnc1SCC(=O)Nc1ccccc1CN(CC)C(C)=O. The molecule has 1 N–H and O–H groups in total. The van der Waals surface area contributed by atoms with Gasteiger partial charge in [0.05, 0.1) is 11.4 Å². The average molecular weight is 438 g/mol. The number of hydrogen-bond acceptors (Lipinski definition) is 5. The van der Waals surface area contributed by atoms with Crippen LogP contribution >= 0.6 is 11.8 Å². The van der Waals surface area contributed by atoms with E-state index in [1.54, 1.807) is 18.2 Å². The Labute approximate surface area is 186 Å². The fourth-order valence-electron chi connectivity index (χ4n) is 3.28. The predicted molar refractivity (Wildman–Crippen MR) is 123 cm³/mol. The van der Waals surface area contributed by atoms with E-state index in [1.807, 2.05) is 54.0 Å². The lowest BCUT2D eigenvalue weighted by atomic mass is 10.1. The predicted octanol–water partition coefficient (Wildman–Crippen LogP) is 3.93. The quantitative estimate of drug-likeness (QED) is 0.513. The molecule has 0 bridgehead atoms. The second kappa shape index (κ2) is 10.8. The number of carbonyl (C=O) groups excluding carboxylic acids is 2. The van der Waals surface area contributed by atoms with Crippen molar-refractivity contribution < 1.29 is 9.59 Å². The van der Waals surface area contributed by atoms with Gasteiger partial charge >= 0.3 is 0 Å². The molecule has 0 aliphatic heterocycles. The summed E-state index contributed by atoms with van der Waals surface area (Å²) in [5, 5.41) is 11.9. The van der Waals surface area contributed by atoms with Crippen LogP contribution in [-0.2, 0) is 22.6 Å². The summed E-state index contributed by atoms with van der Waals surface area (Å²) in [5.74, 6) is 0.0680. The summed E-state index contributed by atoms with van der Waals surface area (Å²) >= 11 is 1.34. The number of anilines is 1. The summed E-state index contributed by atoms with van der Waals surface area (Å²) in [7, 11) is 0. The number of amides is 2. The third-order valence-corrected chi connectivity index (χ3v) is 5.90. The molecule has 0 spiro atoms. The van der Waals surface area contributed by atoms with Crippen LogP contribution in [0.2, 0.25) is 0 Å². The molecular weight excluding hydrogens is 410 g/mol. The van der Waals surface area contributed by atoms with Gasteiger partial charge in [-0.15, -0.1) is 10.2 Å². The third-order valence-electron chi connectivity index (χ3n) is 4.96. The Morgan fingerprint density at radius 3 is 2.48 bits per heavy atom. The minimum atomic E-state index is -0.137. The highest BCUT2D eigenvalue weighted by Crippen LogP contribution is 2.23. The number of thioether (sulfide) groups is 1. The van der Waals surface area contributed by atoms with Crippen molar-refractivity contribution in [2.75, 3.05) is 17.6 Å². The maximum atomic E-state index is 12.7. The number of aryl methyl sites for hydroxylation is 1. The number of hydrogen-bond donors (Lipinski definition) is 1. The second-order valence-corrected chi connectivity index (χ2v) is 7.94. The van der Waals surface area contributed by atoms with Crippen molar-refractivity contribution in [2.24, 2.45) is 0 Å². The van der Waals surface area contributed by atoms with E-state index in [1.165, 1.54) is 17.3 Å². The molecule has 0 fully saturated rings. The number of aromatic nitrogens is 3. The normalized spacial score (nSPS) is 10.7. The lowest BCUT2D eigenvalue weighted by Crippen LogP contribution is -2.28. The largest absolute Gasteiger partial charge is 0.339 e. The zero-order valence-electron chi connectivity index (χ0n) is 18.0. The van der Waals surface area contributed by atoms with Crippen molar-refractivity contribution in [3.05, 3.63) is 66.0 Å². The van der Waals surface area contributed by atoms with Gasteiger partial charge in [0.1, 0.15) is 6.33 Å². The minimum Gasteiger partial charge on any atom is -0.339 e. The molecule has 2 aromatic carbocycles. The molecule has 1 heterocycles. The Bertz CT molecular complexity index is 1050. The van der Waals surface area contributed by atoms with Gasteiger partial charge in [-0.2, -0.15) is 0 Å². The molecule has 0 aliphatic rings. The van der Waals surface area contributed by atoms with Crippen molar-refractivity contribution in [3.63, 3.8) is 0 Å². The zero-order chi connectivity index (χ0) is 22.2. The number of nitrogens with zero attached hydrogens (tertiary/aromatic N) is 4. The fraction of sp³-hybridized carbons (Fsp3) is 0.304. The smallest absolute Gasteiger partial charge is 0.234 e. The van der Waals surface area contributed by atoms with E-state index in [4.69, 9.17) is 0 Å². The molecule has 0 saturated heterocycles. The highest BCUT2D eigenvalue weighted by Gasteiger charge is 2.14. The van der Waals surface area contributed by atoms with Crippen molar-refractivity contribution in [1.29, 1.82) is 0 Å². The van der Waals surface area contributed by atoms with Gasteiger partial charge in [-0.25, -0.2) is 0 Å². The zero-order valence-corrected chi connectivity index (χ0v) is 18.9. The monoisotopic (exact) mass is 437 g/mol. The molecule has 3 aromatic rings. The highest BCUT2D eigenvalue weighted by molar-refractivity contribution is 7.99. The first-order valence-electron chi connectivity index (χ1n) is 10.3. The van der Waals surface area contributed by atoms with Crippen LogP contribution in [0.3, 0.4) is 0 Å². The van der Waals surface area contributed by atoms with Gasteiger partial charge in [-0.1, -0.05) is 55.1 Å². The first-order valence-corrected chi connectivity index (χ1v) is 11.3. The lowest BCUT2D eigenvalue weighted by Gasteiger charge is -2.21. The van der Waals surface area contributed by atoms with Gasteiger partial charge in [0.15, 0.2) is 5.16 Å². The molecule has 2 amide bonds. The van der Waals surface area contributed by atoms with Crippen molar-refractivity contribution >= 4 is 29.3 Å². The number of nitrogens with one attached hydrogen (secondary N) is 1. The van der Waals surface area contributed by atoms with Gasteiger partial charge in [0.25, 0.3) is 0 Å². The molecule has 0 aliphatic carbocycles. The Morgan fingerprint density at radius 2 is 1.77 bits per heavy atom. The maximum Gasteiger partial charge on any atom is 0.234 e. The molecule has 8 heteroatoms. The van der Waals surface area contributed by atoms with E-state index in [0.717, 1.165) is 17.7 Å². The number of carbonyl (C=O) groups is 2.